The molecule has 1 aromatic heterocycles. The number of aryl methyl sites for hydroxylation is 1. The predicted molar refractivity (Wildman–Crippen MR) is 88.5 cm³/mol. The van der Waals surface area contributed by atoms with Gasteiger partial charge in [-0.05, 0) is 28.4 Å². The van der Waals surface area contributed by atoms with Crippen molar-refractivity contribution in [3.05, 3.63) is 80.6 Å². The molecule has 106 valence electrons. The van der Waals surface area contributed by atoms with E-state index in [-0.39, 0.29) is 5.56 Å². The SMILES string of the molecule is Cc1ccc(Cn2[nH]c(-c3ccccc3)c(Br)c2=O)cc1. The highest BCUT2D eigenvalue weighted by Crippen LogP contribution is 2.23. The minimum absolute atomic E-state index is 0.0468. The summed E-state index contributed by atoms with van der Waals surface area (Å²) in [6.45, 7) is 2.58. The van der Waals surface area contributed by atoms with Crippen LogP contribution in [0.1, 0.15) is 11.1 Å². The van der Waals surface area contributed by atoms with Gasteiger partial charge in [-0.3, -0.25) is 9.89 Å². The fourth-order valence-electron chi connectivity index (χ4n) is 2.24. The third kappa shape index (κ3) is 2.85. The van der Waals surface area contributed by atoms with Crippen LogP contribution in [-0.2, 0) is 6.54 Å². The average molecular weight is 343 g/mol. The lowest BCUT2D eigenvalue weighted by Gasteiger charge is -2.03. The number of hydrogen-bond acceptors (Lipinski definition) is 1. The Hall–Kier alpha value is -2.07. The third-order valence-electron chi connectivity index (χ3n) is 3.42. The zero-order valence-corrected chi connectivity index (χ0v) is 13.2. The van der Waals surface area contributed by atoms with Crippen molar-refractivity contribution >= 4 is 15.9 Å². The van der Waals surface area contributed by atoms with E-state index in [0.717, 1.165) is 16.8 Å². The highest BCUT2D eigenvalue weighted by atomic mass is 79.9. The second-order valence-corrected chi connectivity index (χ2v) is 5.84. The van der Waals surface area contributed by atoms with E-state index in [2.05, 4.69) is 40.1 Å². The molecule has 0 unspecified atom stereocenters. The zero-order valence-electron chi connectivity index (χ0n) is 11.6. The summed E-state index contributed by atoms with van der Waals surface area (Å²) < 4.78 is 2.19. The van der Waals surface area contributed by atoms with Crippen LogP contribution in [0.2, 0.25) is 0 Å². The Balaban J connectivity index is 1.98. The predicted octanol–water partition coefficient (Wildman–Crippen LogP) is 3.96. The summed E-state index contributed by atoms with van der Waals surface area (Å²) in [7, 11) is 0. The first-order chi connectivity index (χ1) is 10.1. The van der Waals surface area contributed by atoms with Gasteiger partial charge in [-0.1, -0.05) is 60.2 Å². The Morgan fingerprint density at radius 2 is 1.71 bits per heavy atom. The largest absolute Gasteiger partial charge is 0.293 e. The van der Waals surface area contributed by atoms with Gasteiger partial charge >= 0.3 is 0 Å². The fourth-order valence-corrected chi connectivity index (χ4v) is 2.78. The van der Waals surface area contributed by atoms with Gasteiger partial charge in [-0.2, -0.15) is 0 Å². The Labute approximate surface area is 131 Å². The fraction of sp³-hybridized carbons (Fsp3) is 0.118. The van der Waals surface area contributed by atoms with Crippen LogP contribution in [-0.4, -0.2) is 9.78 Å². The van der Waals surface area contributed by atoms with E-state index in [4.69, 9.17) is 0 Å². The summed E-state index contributed by atoms with van der Waals surface area (Å²) in [5.41, 5.74) is 4.06. The monoisotopic (exact) mass is 342 g/mol. The van der Waals surface area contributed by atoms with Crippen LogP contribution in [0.3, 0.4) is 0 Å². The number of nitrogens with zero attached hydrogens (tertiary/aromatic N) is 1. The highest BCUT2D eigenvalue weighted by Gasteiger charge is 2.13. The maximum atomic E-state index is 12.3. The van der Waals surface area contributed by atoms with Gasteiger partial charge in [0.1, 0.15) is 4.47 Å². The highest BCUT2D eigenvalue weighted by molar-refractivity contribution is 9.10. The summed E-state index contributed by atoms with van der Waals surface area (Å²) in [6.07, 6.45) is 0. The van der Waals surface area contributed by atoms with Crippen LogP contribution in [0.15, 0.2) is 63.9 Å². The Kier molecular flexibility index (Phi) is 3.80. The maximum absolute atomic E-state index is 12.3. The first-order valence-electron chi connectivity index (χ1n) is 6.74. The first-order valence-corrected chi connectivity index (χ1v) is 7.54. The normalized spacial score (nSPS) is 10.8. The summed E-state index contributed by atoms with van der Waals surface area (Å²) in [5.74, 6) is 0. The van der Waals surface area contributed by atoms with Crippen LogP contribution in [0.5, 0.6) is 0 Å². The minimum Gasteiger partial charge on any atom is -0.293 e. The number of aromatic amines is 1. The van der Waals surface area contributed by atoms with Gasteiger partial charge in [0.15, 0.2) is 0 Å². The molecule has 0 spiro atoms. The van der Waals surface area contributed by atoms with Crippen molar-refractivity contribution in [2.75, 3.05) is 0 Å². The van der Waals surface area contributed by atoms with Crippen molar-refractivity contribution < 1.29 is 0 Å². The van der Waals surface area contributed by atoms with Gasteiger partial charge in [0, 0.05) is 5.56 Å². The van der Waals surface area contributed by atoms with E-state index in [1.54, 1.807) is 4.68 Å². The maximum Gasteiger partial charge on any atom is 0.281 e. The van der Waals surface area contributed by atoms with Crippen molar-refractivity contribution in [3.8, 4) is 11.3 Å². The second kappa shape index (κ2) is 5.74. The molecular formula is C17H15BrN2O. The standard InChI is InChI=1S/C17H15BrN2O/c1-12-7-9-13(10-8-12)11-20-17(21)15(18)16(19-20)14-5-3-2-4-6-14/h2-10,19H,11H2,1H3. The molecule has 2 aromatic carbocycles. The molecule has 0 saturated carbocycles. The number of hydrogen-bond donors (Lipinski definition) is 1. The van der Waals surface area contributed by atoms with Crippen molar-refractivity contribution in [1.29, 1.82) is 0 Å². The minimum atomic E-state index is -0.0468. The topological polar surface area (TPSA) is 37.8 Å². The first kappa shape index (κ1) is 13.9. The second-order valence-electron chi connectivity index (χ2n) is 5.04. The van der Waals surface area contributed by atoms with Crippen molar-refractivity contribution in [2.24, 2.45) is 0 Å². The molecule has 0 aliphatic rings. The molecular weight excluding hydrogens is 328 g/mol. The Bertz CT molecular complexity index is 801. The molecule has 21 heavy (non-hydrogen) atoms. The van der Waals surface area contributed by atoms with Crippen LogP contribution in [0, 0.1) is 6.92 Å². The Morgan fingerprint density at radius 1 is 1.05 bits per heavy atom. The number of nitrogens with one attached hydrogen (secondary N) is 1. The lowest BCUT2D eigenvalue weighted by molar-refractivity contribution is 0.665. The molecule has 0 bridgehead atoms. The summed E-state index contributed by atoms with van der Waals surface area (Å²) >= 11 is 3.40. The number of halogens is 1. The van der Waals surface area contributed by atoms with Crippen molar-refractivity contribution in [1.82, 2.24) is 9.78 Å². The van der Waals surface area contributed by atoms with Gasteiger partial charge < -0.3 is 0 Å². The van der Waals surface area contributed by atoms with E-state index >= 15 is 0 Å². The summed E-state index contributed by atoms with van der Waals surface area (Å²) in [6, 6.07) is 18.0. The van der Waals surface area contributed by atoms with Gasteiger partial charge in [0.2, 0.25) is 0 Å². The van der Waals surface area contributed by atoms with Gasteiger partial charge in [-0.25, -0.2) is 4.68 Å². The molecule has 1 N–H and O–H groups in total. The van der Waals surface area contributed by atoms with Gasteiger partial charge in [-0.15, -0.1) is 0 Å². The molecule has 0 saturated heterocycles. The molecule has 3 aromatic rings. The van der Waals surface area contributed by atoms with E-state index in [0.29, 0.717) is 11.0 Å². The van der Waals surface area contributed by atoms with E-state index in [1.165, 1.54) is 5.56 Å². The summed E-state index contributed by atoms with van der Waals surface area (Å²) in [4.78, 5) is 12.3. The van der Waals surface area contributed by atoms with Crippen molar-refractivity contribution in [2.45, 2.75) is 13.5 Å². The lowest BCUT2D eigenvalue weighted by Crippen LogP contribution is -2.17. The molecule has 0 atom stereocenters. The lowest BCUT2D eigenvalue weighted by atomic mass is 10.1. The van der Waals surface area contributed by atoms with Crippen molar-refractivity contribution in [3.63, 3.8) is 0 Å². The molecule has 3 rings (SSSR count). The molecule has 0 radical (unpaired) electrons. The van der Waals surface area contributed by atoms with E-state index < -0.39 is 0 Å². The number of rotatable bonds is 3. The smallest absolute Gasteiger partial charge is 0.281 e. The average Bonchev–Trinajstić information content (AvgIpc) is 2.79. The molecule has 0 amide bonds. The van der Waals surface area contributed by atoms with E-state index in [1.807, 2.05) is 42.5 Å². The van der Waals surface area contributed by atoms with Crippen LogP contribution >= 0.6 is 15.9 Å². The van der Waals surface area contributed by atoms with Crippen LogP contribution in [0.4, 0.5) is 0 Å². The molecule has 0 aliphatic carbocycles. The van der Waals surface area contributed by atoms with Gasteiger partial charge in [0.25, 0.3) is 5.56 Å². The molecule has 0 aliphatic heterocycles. The number of benzene rings is 2. The number of H-pyrrole nitrogens is 1. The molecule has 3 nitrogen and oxygen atoms in total. The molecule has 0 fully saturated rings. The van der Waals surface area contributed by atoms with Crippen LogP contribution in [0.25, 0.3) is 11.3 Å². The van der Waals surface area contributed by atoms with E-state index in [9.17, 15) is 4.79 Å². The summed E-state index contributed by atoms with van der Waals surface area (Å²) in [5, 5.41) is 3.19. The molecule has 4 heteroatoms. The van der Waals surface area contributed by atoms with Crippen LogP contribution < -0.4 is 5.56 Å². The number of aromatic nitrogens is 2. The molecule has 1 heterocycles. The Morgan fingerprint density at radius 3 is 2.38 bits per heavy atom. The zero-order chi connectivity index (χ0) is 14.8. The third-order valence-corrected chi connectivity index (χ3v) is 4.16. The van der Waals surface area contributed by atoms with Gasteiger partial charge in [0.05, 0.1) is 12.2 Å². The quantitative estimate of drug-likeness (QED) is 0.768.